The molecule has 3 heterocycles. The van der Waals surface area contributed by atoms with E-state index in [1.807, 2.05) is 50.2 Å². The Hall–Kier alpha value is -3.07. The predicted molar refractivity (Wildman–Crippen MR) is 143 cm³/mol. The maximum absolute atomic E-state index is 13.5. The van der Waals surface area contributed by atoms with Crippen LogP contribution in [0.5, 0.6) is 11.5 Å². The number of carbonyl (C=O) groups excluding carboxylic acids is 1. The van der Waals surface area contributed by atoms with E-state index in [0.717, 1.165) is 28.0 Å². The molecule has 9 heteroatoms. The highest BCUT2D eigenvalue weighted by molar-refractivity contribution is 6.30. The smallest absolute Gasteiger partial charge is 0.225 e. The number of aromatic nitrogens is 1. The van der Waals surface area contributed by atoms with Gasteiger partial charge in [-0.15, -0.1) is 0 Å². The molecule has 0 saturated carbocycles. The number of hydrogen-bond acceptors (Lipinski definition) is 7. The molecule has 38 heavy (non-hydrogen) atoms. The molecule has 0 radical (unpaired) electrons. The van der Waals surface area contributed by atoms with Gasteiger partial charge in [-0.05, 0) is 42.2 Å². The number of ether oxygens (including phenoxy) is 3. The van der Waals surface area contributed by atoms with Gasteiger partial charge < -0.3 is 28.7 Å². The summed E-state index contributed by atoms with van der Waals surface area (Å²) in [5, 5.41) is 14.9. The summed E-state index contributed by atoms with van der Waals surface area (Å²) in [6.07, 6.45) is -0.461. The van der Waals surface area contributed by atoms with Crippen LogP contribution in [-0.4, -0.2) is 54.5 Å². The van der Waals surface area contributed by atoms with Crippen molar-refractivity contribution < 1.29 is 28.6 Å². The molecule has 1 saturated heterocycles. The second-order valence-electron chi connectivity index (χ2n) is 10.1. The molecule has 0 bridgehead atoms. The third-order valence-electron chi connectivity index (χ3n) is 7.33. The maximum atomic E-state index is 13.5. The minimum atomic E-state index is -0.687. The quantitative estimate of drug-likeness (QED) is 0.430. The third-order valence-corrected chi connectivity index (χ3v) is 7.57. The lowest BCUT2D eigenvalue weighted by Crippen LogP contribution is -2.40. The molecule has 1 fully saturated rings. The summed E-state index contributed by atoms with van der Waals surface area (Å²) in [6, 6.07) is 11.3. The van der Waals surface area contributed by atoms with Gasteiger partial charge in [0.05, 0.1) is 32.3 Å². The largest absolute Gasteiger partial charge is 0.493 e. The van der Waals surface area contributed by atoms with E-state index < -0.39 is 12.2 Å². The second kappa shape index (κ2) is 11.0. The molecule has 2 aliphatic rings. The number of nitrogens with zero attached hydrogens (tertiary/aromatic N) is 2. The number of rotatable bonds is 6. The summed E-state index contributed by atoms with van der Waals surface area (Å²) in [6.45, 7) is 5.12. The minimum absolute atomic E-state index is 0.0533. The van der Waals surface area contributed by atoms with E-state index in [1.165, 1.54) is 0 Å². The number of likely N-dealkylation sites (tertiary alicyclic amines) is 1. The first-order valence-electron chi connectivity index (χ1n) is 12.9. The topological polar surface area (TPSA) is 94.3 Å². The number of fused-ring (bicyclic) bond motifs is 3. The fourth-order valence-electron chi connectivity index (χ4n) is 5.39. The second-order valence-corrected chi connectivity index (χ2v) is 10.5. The van der Waals surface area contributed by atoms with Crippen molar-refractivity contribution in [1.82, 2.24) is 10.1 Å². The molecule has 2 aromatic carbocycles. The average molecular weight is 541 g/mol. The Morgan fingerprint density at radius 2 is 1.92 bits per heavy atom. The van der Waals surface area contributed by atoms with Gasteiger partial charge in [0.25, 0.3) is 0 Å². The van der Waals surface area contributed by atoms with Gasteiger partial charge in [-0.2, -0.15) is 0 Å². The number of aliphatic hydroxyl groups is 1. The lowest BCUT2D eigenvalue weighted by molar-refractivity contribution is -0.137. The number of benzene rings is 2. The van der Waals surface area contributed by atoms with Crippen LogP contribution in [0.1, 0.15) is 73.8 Å². The van der Waals surface area contributed by atoms with E-state index in [-0.39, 0.29) is 24.3 Å². The number of amides is 1. The van der Waals surface area contributed by atoms with Crippen LogP contribution in [0.2, 0.25) is 5.02 Å². The lowest BCUT2D eigenvalue weighted by atomic mass is 9.90. The standard InChI is InChI=1S/C29H33ClN2O6/c1-16(2)27-25-19-9-8-17(30)14-21(19)28(20-6-5-7-22(35-3)29(20)36-4)37-23(26(25)31-38-27)15-24(34)32-12-10-18(33)11-13-32/h5-9,14,16,18,23,28,33H,10-13,15H2,1-4H3. The highest BCUT2D eigenvalue weighted by atomic mass is 35.5. The van der Waals surface area contributed by atoms with Crippen LogP contribution in [0.4, 0.5) is 0 Å². The van der Waals surface area contributed by atoms with Crippen molar-refractivity contribution in [3.8, 4) is 22.6 Å². The predicted octanol–water partition coefficient (Wildman–Crippen LogP) is 5.67. The molecule has 1 amide bonds. The number of halogens is 1. The third kappa shape index (κ3) is 4.88. The van der Waals surface area contributed by atoms with Crippen LogP contribution >= 0.6 is 11.6 Å². The van der Waals surface area contributed by atoms with E-state index in [2.05, 4.69) is 5.16 Å². The van der Waals surface area contributed by atoms with Crippen LogP contribution < -0.4 is 9.47 Å². The summed E-state index contributed by atoms with van der Waals surface area (Å²) >= 11 is 6.52. The van der Waals surface area contributed by atoms with Crippen LogP contribution in [-0.2, 0) is 9.53 Å². The van der Waals surface area contributed by atoms with Gasteiger partial charge in [-0.1, -0.05) is 48.8 Å². The number of piperidine rings is 1. The molecule has 0 spiro atoms. The van der Waals surface area contributed by atoms with Crippen molar-refractivity contribution in [2.24, 2.45) is 0 Å². The Bertz CT molecular complexity index is 1310. The molecule has 2 unspecified atom stereocenters. The van der Waals surface area contributed by atoms with Gasteiger partial charge in [0.1, 0.15) is 23.7 Å². The Kier molecular flexibility index (Phi) is 7.66. The zero-order valence-corrected chi connectivity index (χ0v) is 22.8. The monoisotopic (exact) mass is 540 g/mol. The van der Waals surface area contributed by atoms with Gasteiger partial charge in [0, 0.05) is 29.6 Å². The lowest BCUT2D eigenvalue weighted by Gasteiger charge is -2.31. The molecular weight excluding hydrogens is 508 g/mol. The fourth-order valence-corrected chi connectivity index (χ4v) is 5.57. The van der Waals surface area contributed by atoms with Crippen LogP contribution in [0, 0.1) is 0 Å². The van der Waals surface area contributed by atoms with Crippen LogP contribution in [0.25, 0.3) is 11.1 Å². The Morgan fingerprint density at radius 1 is 1.16 bits per heavy atom. The number of methoxy groups -OCH3 is 2. The maximum Gasteiger partial charge on any atom is 0.225 e. The summed E-state index contributed by atoms with van der Waals surface area (Å²) in [5.41, 5.74) is 3.89. The number of carbonyl (C=O) groups is 1. The summed E-state index contributed by atoms with van der Waals surface area (Å²) < 4.78 is 24.0. The van der Waals surface area contributed by atoms with Crippen molar-refractivity contribution in [3.63, 3.8) is 0 Å². The van der Waals surface area contributed by atoms with Crippen molar-refractivity contribution in [1.29, 1.82) is 0 Å². The fraction of sp³-hybridized carbons (Fsp3) is 0.448. The molecule has 8 nitrogen and oxygen atoms in total. The van der Waals surface area contributed by atoms with E-state index in [0.29, 0.717) is 48.1 Å². The molecule has 3 aromatic rings. The van der Waals surface area contributed by atoms with E-state index in [4.69, 9.17) is 30.3 Å². The summed E-state index contributed by atoms with van der Waals surface area (Å²) in [7, 11) is 3.18. The Balaban J connectivity index is 1.65. The van der Waals surface area contributed by atoms with Gasteiger partial charge in [-0.25, -0.2) is 0 Å². The molecule has 2 atom stereocenters. The zero-order valence-electron chi connectivity index (χ0n) is 22.1. The Morgan fingerprint density at radius 3 is 2.61 bits per heavy atom. The molecule has 1 N–H and O–H groups in total. The van der Waals surface area contributed by atoms with Crippen molar-refractivity contribution in [2.75, 3.05) is 27.3 Å². The first kappa shape index (κ1) is 26.5. The Labute approximate surface area is 227 Å². The molecule has 2 aliphatic heterocycles. The SMILES string of the molecule is COc1cccc(C2OC(CC(=O)N3CCC(O)CC3)c3noc(C(C)C)c3-c3ccc(Cl)cc32)c1OC. The van der Waals surface area contributed by atoms with Gasteiger partial charge in [0.2, 0.25) is 5.91 Å². The first-order valence-corrected chi connectivity index (χ1v) is 13.3. The number of para-hydroxylation sites is 1. The van der Waals surface area contributed by atoms with Crippen LogP contribution in [0.3, 0.4) is 0 Å². The zero-order chi connectivity index (χ0) is 27.0. The minimum Gasteiger partial charge on any atom is -0.493 e. The van der Waals surface area contributed by atoms with Gasteiger partial charge in [0.15, 0.2) is 11.5 Å². The van der Waals surface area contributed by atoms with E-state index in [9.17, 15) is 9.90 Å². The number of aliphatic hydroxyl groups excluding tert-OH is 1. The van der Waals surface area contributed by atoms with Crippen molar-refractivity contribution >= 4 is 17.5 Å². The van der Waals surface area contributed by atoms with Gasteiger partial charge >= 0.3 is 0 Å². The van der Waals surface area contributed by atoms with Gasteiger partial charge in [-0.3, -0.25) is 4.79 Å². The van der Waals surface area contributed by atoms with E-state index >= 15 is 0 Å². The van der Waals surface area contributed by atoms with Crippen molar-refractivity contribution in [3.05, 3.63) is 64.0 Å². The average Bonchev–Trinajstić information content (AvgIpc) is 3.31. The normalized spacial score (nSPS) is 19.6. The molecule has 1 aromatic heterocycles. The molecule has 202 valence electrons. The highest BCUT2D eigenvalue weighted by Gasteiger charge is 2.39. The van der Waals surface area contributed by atoms with Crippen LogP contribution in [0.15, 0.2) is 40.9 Å². The summed E-state index contributed by atoms with van der Waals surface area (Å²) in [5.74, 6) is 1.84. The first-order chi connectivity index (χ1) is 18.3. The molecular formula is C29H33ClN2O6. The van der Waals surface area contributed by atoms with E-state index in [1.54, 1.807) is 19.1 Å². The molecule has 0 aliphatic carbocycles. The highest BCUT2D eigenvalue weighted by Crippen LogP contribution is 2.50. The summed E-state index contributed by atoms with van der Waals surface area (Å²) in [4.78, 5) is 15.3. The number of hydrogen-bond donors (Lipinski definition) is 1. The van der Waals surface area contributed by atoms with Crippen molar-refractivity contribution in [2.45, 2.75) is 57.3 Å². The molecule has 5 rings (SSSR count).